The van der Waals surface area contributed by atoms with E-state index in [1.165, 1.54) is 19.9 Å². The predicted octanol–water partition coefficient (Wildman–Crippen LogP) is 3.51. The van der Waals surface area contributed by atoms with Gasteiger partial charge < -0.3 is 24.8 Å². The van der Waals surface area contributed by atoms with E-state index in [-0.39, 0.29) is 21.9 Å². The van der Waals surface area contributed by atoms with Crippen LogP contribution in [0.15, 0.2) is 28.2 Å². The summed E-state index contributed by atoms with van der Waals surface area (Å²) in [4.78, 5) is 44.9. The lowest BCUT2D eigenvalue weighted by atomic mass is 10.1. The first-order valence-corrected chi connectivity index (χ1v) is 8.39. The molecule has 0 aliphatic carbocycles. The zero-order valence-corrected chi connectivity index (χ0v) is 17.3. The molecule has 0 saturated carbocycles. The first-order valence-electron chi connectivity index (χ1n) is 8.01. The van der Waals surface area contributed by atoms with Crippen molar-refractivity contribution in [3.05, 3.63) is 63.3 Å². The smallest absolute Gasteiger partial charge is 0.371 e. The van der Waals surface area contributed by atoms with E-state index in [1.54, 1.807) is 6.92 Å². The zero-order chi connectivity index (χ0) is 23.8. The average molecular weight is 442 g/mol. The molecule has 0 aliphatic heterocycles. The zero-order valence-electron chi connectivity index (χ0n) is 16.5. The molecule has 2 aromatic rings. The van der Waals surface area contributed by atoms with Gasteiger partial charge in [0.1, 0.15) is 10.8 Å². The Morgan fingerprint density at radius 3 is 1.47 bits per heavy atom. The molecule has 0 aromatic carbocycles. The largest absolute Gasteiger partial charge is 0.478 e. The van der Waals surface area contributed by atoms with E-state index in [0.29, 0.717) is 17.1 Å². The van der Waals surface area contributed by atoms with E-state index in [1.807, 2.05) is 6.92 Å². The van der Waals surface area contributed by atoms with Crippen molar-refractivity contribution in [1.29, 1.82) is 0 Å². The molecule has 0 radical (unpaired) electrons. The summed E-state index contributed by atoms with van der Waals surface area (Å²) in [5.74, 6) is -3.85. The van der Waals surface area contributed by atoms with Crippen molar-refractivity contribution >= 4 is 35.5 Å². The Kier molecular flexibility index (Phi) is 9.98. The topological polar surface area (TPSA) is 175 Å². The Bertz CT molecular complexity index is 925. The molecule has 162 valence electrons. The predicted molar refractivity (Wildman–Crippen MR) is 105 cm³/mol. The third-order valence-corrected chi connectivity index (χ3v) is 3.63. The Hall–Kier alpha value is -3.66. The summed E-state index contributed by atoms with van der Waals surface area (Å²) in [6, 6.07) is 2.64. The molecule has 0 unspecified atom stereocenters. The minimum Gasteiger partial charge on any atom is -0.478 e. The maximum absolute atomic E-state index is 10.7. The highest BCUT2D eigenvalue weighted by atomic mass is 35.5. The summed E-state index contributed by atoms with van der Waals surface area (Å²) in [6.07, 6.45) is 0. The number of carbonyl (C=O) groups is 4. The lowest BCUT2D eigenvalue weighted by Gasteiger charge is -2.04. The molecule has 0 saturated heterocycles. The molecule has 11 heteroatoms. The van der Waals surface area contributed by atoms with Crippen LogP contribution in [0.2, 0.25) is 0 Å². The minimum atomic E-state index is -1.17. The number of carboxylic acid groups (broad SMARTS) is 4. The van der Waals surface area contributed by atoms with Crippen molar-refractivity contribution in [3.63, 3.8) is 0 Å². The van der Waals surface area contributed by atoms with Gasteiger partial charge in [-0.05, 0) is 45.4 Å². The summed E-state index contributed by atoms with van der Waals surface area (Å²) in [7, 11) is 0. The number of hydrogen-bond acceptors (Lipinski definition) is 6. The van der Waals surface area contributed by atoms with Gasteiger partial charge in [0.2, 0.25) is 5.76 Å². The lowest BCUT2D eigenvalue weighted by Crippen LogP contribution is -2.09. The number of pyridine rings is 1. The van der Waals surface area contributed by atoms with E-state index in [0.717, 1.165) is 11.6 Å². The fourth-order valence-corrected chi connectivity index (χ4v) is 1.84. The van der Waals surface area contributed by atoms with Gasteiger partial charge in [-0.15, -0.1) is 0 Å². The maximum atomic E-state index is 10.7. The highest BCUT2D eigenvalue weighted by molar-refractivity contribution is 6.40. The van der Waals surface area contributed by atoms with Gasteiger partial charge in [0.25, 0.3) is 0 Å². The van der Waals surface area contributed by atoms with Crippen molar-refractivity contribution < 1.29 is 44.0 Å². The van der Waals surface area contributed by atoms with Crippen molar-refractivity contribution in [1.82, 2.24) is 4.98 Å². The van der Waals surface area contributed by atoms with Crippen LogP contribution in [0, 0.1) is 27.7 Å². The fraction of sp³-hybridized carbons (Fsp3) is 0.211. The normalized spacial score (nSPS) is 9.37. The molecule has 0 aliphatic rings. The summed E-state index contributed by atoms with van der Waals surface area (Å²) in [5.41, 5.74) is 1.36. The Labute approximate surface area is 176 Å². The maximum Gasteiger partial charge on any atom is 0.371 e. The van der Waals surface area contributed by atoms with Gasteiger partial charge >= 0.3 is 23.9 Å². The average Bonchev–Trinajstić information content (AvgIpc) is 2.94. The van der Waals surface area contributed by atoms with Gasteiger partial charge in [0.05, 0.1) is 22.5 Å². The van der Waals surface area contributed by atoms with E-state index in [2.05, 4.69) is 11.6 Å². The van der Waals surface area contributed by atoms with Gasteiger partial charge in [0.15, 0.2) is 0 Å². The third kappa shape index (κ3) is 8.15. The summed E-state index contributed by atoms with van der Waals surface area (Å²) in [5, 5.41) is 33.3. The summed E-state index contributed by atoms with van der Waals surface area (Å²) in [6.45, 7) is 9.53. The molecular weight excluding hydrogens is 422 g/mol. The summed E-state index contributed by atoms with van der Waals surface area (Å²) < 4.78 is 4.88. The van der Waals surface area contributed by atoms with E-state index in [4.69, 9.17) is 36.4 Å². The van der Waals surface area contributed by atoms with Crippen LogP contribution in [0.25, 0.3) is 0 Å². The number of aromatic nitrogens is 1. The van der Waals surface area contributed by atoms with E-state index < -0.39 is 23.9 Å². The van der Waals surface area contributed by atoms with Gasteiger partial charge in [-0.3, -0.25) is 4.98 Å². The first kappa shape index (κ1) is 26.3. The van der Waals surface area contributed by atoms with Crippen molar-refractivity contribution in [2.24, 2.45) is 0 Å². The molecular formula is C19H20ClNO9. The number of aliphatic carboxylic acids is 1. The molecule has 0 bridgehead atoms. The van der Waals surface area contributed by atoms with Gasteiger partial charge in [-0.25, -0.2) is 19.2 Å². The van der Waals surface area contributed by atoms with Crippen LogP contribution < -0.4 is 0 Å². The van der Waals surface area contributed by atoms with E-state index in [9.17, 15) is 19.2 Å². The molecule has 0 atom stereocenters. The molecule has 0 fully saturated rings. The summed E-state index contributed by atoms with van der Waals surface area (Å²) >= 11 is 4.82. The number of halogens is 1. The molecule has 10 nitrogen and oxygen atoms in total. The number of nitrogens with zero attached hydrogens (tertiary/aromatic N) is 1. The van der Waals surface area contributed by atoms with Gasteiger partial charge in [0, 0.05) is 0 Å². The number of carboxylic acids is 4. The Balaban J connectivity index is 0.000000459. The monoisotopic (exact) mass is 441 g/mol. The van der Waals surface area contributed by atoms with Crippen LogP contribution in [0.4, 0.5) is 0 Å². The van der Waals surface area contributed by atoms with Crippen LogP contribution in [0.3, 0.4) is 0 Å². The fourth-order valence-electron chi connectivity index (χ4n) is 1.84. The number of rotatable bonds is 4. The second-order valence-electron chi connectivity index (χ2n) is 5.73. The number of hydrogen-bond donors (Lipinski definition) is 4. The number of aryl methyl sites for hydroxylation is 4. The van der Waals surface area contributed by atoms with Crippen LogP contribution in [0.1, 0.15) is 54.0 Å². The second-order valence-corrected chi connectivity index (χ2v) is 6.19. The molecule has 0 spiro atoms. The highest BCUT2D eigenvalue weighted by Gasteiger charge is 2.15. The van der Waals surface area contributed by atoms with Gasteiger partial charge in [-0.1, -0.05) is 18.2 Å². The number of furan rings is 1. The third-order valence-electron chi connectivity index (χ3n) is 3.47. The quantitative estimate of drug-likeness (QED) is 0.513. The van der Waals surface area contributed by atoms with Crippen LogP contribution in [-0.4, -0.2) is 49.3 Å². The highest BCUT2D eigenvalue weighted by Crippen LogP contribution is 2.13. The first-order chi connectivity index (χ1) is 13.7. The van der Waals surface area contributed by atoms with Crippen molar-refractivity contribution in [2.75, 3.05) is 0 Å². The molecule has 2 rings (SSSR count). The standard InChI is InChI=1S/C9H9NO4.C7H8O3.C3H3ClO2/c1-4-6(8(11)12)3-7(9(13)14)5(2)10-4;1-4-3-6(7(8)9)10-5(4)2;1-2(4)3(5)6/h3H,1-2H3,(H,11,12)(H,13,14);3H,1-2H3,(H,8,9);1H2,(H,5,6). The Morgan fingerprint density at radius 2 is 1.27 bits per heavy atom. The lowest BCUT2D eigenvalue weighted by molar-refractivity contribution is -0.131. The van der Waals surface area contributed by atoms with Crippen molar-refractivity contribution in [2.45, 2.75) is 27.7 Å². The SMILES string of the molecule is C=C(Cl)C(=O)O.Cc1cc(C(=O)O)oc1C.Cc1nc(C)c(C(=O)O)cc1C(=O)O. The van der Waals surface area contributed by atoms with Crippen LogP contribution in [0.5, 0.6) is 0 Å². The Morgan fingerprint density at radius 1 is 0.867 bits per heavy atom. The van der Waals surface area contributed by atoms with Crippen LogP contribution >= 0.6 is 11.6 Å². The molecule has 2 aromatic heterocycles. The number of aromatic carboxylic acids is 3. The van der Waals surface area contributed by atoms with Crippen LogP contribution in [-0.2, 0) is 4.79 Å². The minimum absolute atomic E-state index is 0.00926. The van der Waals surface area contributed by atoms with Crippen molar-refractivity contribution in [3.8, 4) is 0 Å². The molecule has 4 N–H and O–H groups in total. The molecule has 2 heterocycles. The second kappa shape index (κ2) is 11.4. The molecule has 30 heavy (non-hydrogen) atoms. The van der Waals surface area contributed by atoms with Gasteiger partial charge in [-0.2, -0.15) is 0 Å². The molecule has 0 amide bonds. The van der Waals surface area contributed by atoms with E-state index >= 15 is 0 Å².